The Balaban J connectivity index is 2.06. The molecule has 3 aromatic rings. The van der Waals surface area contributed by atoms with Gasteiger partial charge in [0.2, 0.25) is 0 Å². The van der Waals surface area contributed by atoms with Crippen LogP contribution in [0.4, 0.5) is 11.5 Å². The summed E-state index contributed by atoms with van der Waals surface area (Å²) in [7, 11) is 0. The highest BCUT2D eigenvalue weighted by Gasteiger charge is 2.09. The van der Waals surface area contributed by atoms with E-state index in [1.807, 2.05) is 18.2 Å². The average molecular weight is 316 g/mol. The number of aromatic nitrogens is 2. The molecule has 3 nitrogen and oxygen atoms in total. The number of hydrogen-bond donors (Lipinski definition) is 2. The normalized spacial score (nSPS) is 10.9. The number of fused-ring (bicyclic) bond motifs is 1. The number of anilines is 2. The first kappa shape index (κ1) is 12.2. The van der Waals surface area contributed by atoms with Crippen LogP contribution >= 0.6 is 15.9 Å². The van der Waals surface area contributed by atoms with E-state index in [-0.39, 0.29) is 0 Å². The summed E-state index contributed by atoms with van der Waals surface area (Å²) in [4.78, 5) is 0. The van der Waals surface area contributed by atoms with E-state index >= 15 is 0 Å². The third kappa shape index (κ3) is 2.24. The maximum Gasteiger partial charge on any atom is 0.160 e. The highest BCUT2D eigenvalue weighted by atomic mass is 79.9. The molecule has 0 fully saturated rings. The number of benzene rings is 2. The Hall–Kier alpha value is -1.81. The standard InChI is InChI=1S/C15H14BrN3/c1-9-7-10(2)14(12(16)8-9)17-15-11-5-3-4-6-13(11)18-19-15/h3-8H,1-2H3,(H2,17,18,19). The quantitative estimate of drug-likeness (QED) is 0.720. The summed E-state index contributed by atoms with van der Waals surface area (Å²) in [6.07, 6.45) is 0. The SMILES string of the molecule is Cc1cc(C)c(Nc2n[nH]c3ccccc23)c(Br)c1. The monoisotopic (exact) mass is 315 g/mol. The molecule has 19 heavy (non-hydrogen) atoms. The summed E-state index contributed by atoms with van der Waals surface area (Å²) in [6, 6.07) is 12.3. The number of nitrogens with one attached hydrogen (secondary N) is 2. The van der Waals surface area contributed by atoms with Crippen LogP contribution in [0.15, 0.2) is 40.9 Å². The molecule has 0 aliphatic heterocycles. The van der Waals surface area contributed by atoms with Crippen LogP contribution in [-0.2, 0) is 0 Å². The van der Waals surface area contributed by atoms with Gasteiger partial charge in [0.25, 0.3) is 0 Å². The van der Waals surface area contributed by atoms with Gasteiger partial charge in [0.1, 0.15) is 0 Å². The van der Waals surface area contributed by atoms with Crippen molar-refractivity contribution in [3.8, 4) is 0 Å². The molecule has 0 aliphatic rings. The Morgan fingerprint density at radius 1 is 1.16 bits per heavy atom. The van der Waals surface area contributed by atoms with Crippen molar-refractivity contribution in [1.82, 2.24) is 10.2 Å². The Morgan fingerprint density at radius 2 is 1.95 bits per heavy atom. The fraction of sp³-hybridized carbons (Fsp3) is 0.133. The minimum atomic E-state index is 0.850. The van der Waals surface area contributed by atoms with Gasteiger partial charge in [-0.3, -0.25) is 5.10 Å². The second-order valence-electron chi connectivity index (χ2n) is 4.68. The largest absolute Gasteiger partial charge is 0.337 e. The van der Waals surface area contributed by atoms with Crippen LogP contribution < -0.4 is 5.32 Å². The van der Waals surface area contributed by atoms with E-state index in [2.05, 4.69) is 63.5 Å². The Labute approximate surface area is 120 Å². The van der Waals surface area contributed by atoms with Gasteiger partial charge in [-0.25, -0.2) is 0 Å². The van der Waals surface area contributed by atoms with Crippen molar-refractivity contribution in [3.05, 3.63) is 52.0 Å². The summed E-state index contributed by atoms with van der Waals surface area (Å²) in [5.74, 6) is 0.850. The number of aryl methyl sites for hydroxylation is 2. The first-order valence-electron chi connectivity index (χ1n) is 6.12. The van der Waals surface area contributed by atoms with E-state index in [0.29, 0.717) is 0 Å². The molecule has 2 aromatic carbocycles. The number of aromatic amines is 1. The van der Waals surface area contributed by atoms with Crippen LogP contribution in [0.5, 0.6) is 0 Å². The van der Waals surface area contributed by atoms with E-state index in [1.165, 1.54) is 11.1 Å². The molecule has 3 rings (SSSR count). The summed E-state index contributed by atoms with van der Waals surface area (Å²) in [5, 5.41) is 11.9. The molecule has 0 saturated heterocycles. The molecule has 0 spiro atoms. The van der Waals surface area contributed by atoms with E-state index in [4.69, 9.17) is 0 Å². The summed E-state index contributed by atoms with van der Waals surface area (Å²) >= 11 is 3.61. The maximum absolute atomic E-state index is 4.34. The third-order valence-corrected chi connectivity index (χ3v) is 3.77. The molecule has 0 unspecified atom stereocenters. The minimum Gasteiger partial charge on any atom is -0.337 e. The molecular formula is C15H14BrN3. The summed E-state index contributed by atoms with van der Waals surface area (Å²) in [6.45, 7) is 4.18. The zero-order valence-corrected chi connectivity index (χ0v) is 12.4. The topological polar surface area (TPSA) is 40.7 Å². The van der Waals surface area contributed by atoms with Gasteiger partial charge < -0.3 is 5.32 Å². The number of halogens is 1. The molecule has 1 heterocycles. The molecule has 0 radical (unpaired) electrons. The Bertz CT molecular complexity index is 723. The Kier molecular flexibility index (Phi) is 3.03. The van der Waals surface area contributed by atoms with E-state index in [1.54, 1.807) is 0 Å². The predicted molar refractivity (Wildman–Crippen MR) is 83.0 cm³/mol. The second kappa shape index (κ2) is 4.70. The maximum atomic E-state index is 4.34. The minimum absolute atomic E-state index is 0.850. The molecule has 1 aromatic heterocycles. The lowest BCUT2D eigenvalue weighted by Crippen LogP contribution is -1.96. The molecule has 96 valence electrons. The first-order chi connectivity index (χ1) is 9.15. The number of rotatable bonds is 2. The summed E-state index contributed by atoms with van der Waals surface area (Å²) in [5.41, 5.74) is 4.52. The van der Waals surface area contributed by atoms with Crippen molar-refractivity contribution in [3.63, 3.8) is 0 Å². The second-order valence-corrected chi connectivity index (χ2v) is 5.54. The molecule has 0 amide bonds. The fourth-order valence-electron chi connectivity index (χ4n) is 2.25. The predicted octanol–water partition coefficient (Wildman–Crippen LogP) is 4.69. The van der Waals surface area contributed by atoms with Crippen molar-refractivity contribution in [2.75, 3.05) is 5.32 Å². The van der Waals surface area contributed by atoms with Crippen LogP contribution in [0.3, 0.4) is 0 Å². The van der Waals surface area contributed by atoms with Gasteiger partial charge >= 0.3 is 0 Å². The van der Waals surface area contributed by atoms with Crippen LogP contribution in [0.2, 0.25) is 0 Å². The lowest BCUT2D eigenvalue weighted by molar-refractivity contribution is 1.12. The van der Waals surface area contributed by atoms with Crippen molar-refractivity contribution >= 4 is 38.3 Å². The number of nitrogens with zero attached hydrogens (tertiary/aromatic N) is 1. The van der Waals surface area contributed by atoms with Crippen molar-refractivity contribution in [2.24, 2.45) is 0 Å². The van der Waals surface area contributed by atoms with Crippen molar-refractivity contribution in [1.29, 1.82) is 0 Å². The van der Waals surface area contributed by atoms with Crippen LogP contribution in [-0.4, -0.2) is 10.2 Å². The van der Waals surface area contributed by atoms with Gasteiger partial charge in [0, 0.05) is 9.86 Å². The zero-order chi connectivity index (χ0) is 13.4. The fourth-order valence-corrected chi connectivity index (χ4v) is 3.02. The molecule has 0 bridgehead atoms. The number of para-hydroxylation sites is 1. The molecular weight excluding hydrogens is 302 g/mol. The summed E-state index contributed by atoms with van der Waals surface area (Å²) < 4.78 is 1.05. The van der Waals surface area contributed by atoms with Gasteiger partial charge in [-0.05, 0) is 59.1 Å². The van der Waals surface area contributed by atoms with E-state index in [0.717, 1.165) is 26.9 Å². The van der Waals surface area contributed by atoms with Crippen LogP contribution in [0, 0.1) is 13.8 Å². The smallest absolute Gasteiger partial charge is 0.160 e. The molecule has 4 heteroatoms. The number of hydrogen-bond acceptors (Lipinski definition) is 2. The van der Waals surface area contributed by atoms with Gasteiger partial charge in [-0.1, -0.05) is 18.2 Å². The van der Waals surface area contributed by atoms with Gasteiger partial charge in [-0.2, -0.15) is 5.10 Å². The van der Waals surface area contributed by atoms with E-state index in [9.17, 15) is 0 Å². The van der Waals surface area contributed by atoms with Crippen LogP contribution in [0.1, 0.15) is 11.1 Å². The van der Waals surface area contributed by atoms with Gasteiger partial charge in [-0.15, -0.1) is 0 Å². The molecule has 0 aliphatic carbocycles. The van der Waals surface area contributed by atoms with Crippen LogP contribution in [0.25, 0.3) is 10.9 Å². The lowest BCUT2D eigenvalue weighted by Gasteiger charge is -2.11. The van der Waals surface area contributed by atoms with Gasteiger partial charge in [0.05, 0.1) is 11.2 Å². The van der Waals surface area contributed by atoms with E-state index < -0.39 is 0 Å². The van der Waals surface area contributed by atoms with Crippen molar-refractivity contribution in [2.45, 2.75) is 13.8 Å². The Morgan fingerprint density at radius 3 is 2.74 bits per heavy atom. The average Bonchev–Trinajstić information content (AvgIpc) is 2.77. The molecule has 0 atom stereocenters. The highest BCUT2D eigenvalue weighted by Crippen LogP contribution is 2.32. The van der Waals surface area contributed by atoms with Crippen molar-refractivity contribution < 1.29 is 0 Å². The molecule has 2 N–H and O–H groups in total. The zero-order valence-electron chi connectivity index (χ0n) is 10.8. The number of H-pyrrole nitrogens is 1. The highest BCUT2D eigenvalue weighted by molar-refractivity contribution is 9.10. The van der Waals surface area contributed by atoms with Gasteiger partial charge in [0.15, 0.2) is 5.82 Å². The molecule has 0 saturated carbocycles. The third-order valence-electron chi connectivity index (χ3n) is 3.15. The first-order valence-corrected chi connectivity index (χ1v) is 6.91. The lowest BCUT2D eigenvalue weighted by atomic mass is 10.1.